The number of nitrogens with zero attached hydrogens (tertiary/aromatic N) is 1. The third-order valence-corrected chi connectivity index (χ3v) is 1.00. The van der Waals surface area contributed by atoms with Gasteiger partial charge in [-0.1, -0.05) is 11.3 Å². The molecule has 0 aliphatic heterocycles. The average Bonchev–Trinajstić information content (AvgIpc) is 1.66. The highest BCUT2D eigenvalue weighted by Crippen LogP contribution is 1.47. The van der Waals surface area contributed by atoms with Gasteiger partial charge in [0.2, 0.25) is 0 Å². The summed E-state index contributed by atoms with van der Waals surface area (Å²) in [5.41, 5.74) is 4.31. The summed E-state index contributed by atoms with van der Waals surface area (Å²) >= 11 is 0. The lowest BCUT2D eigenvalue weighted by Gasteiger charge is -1.90. The first-order chi connectivity index (χ1) is 4.15. The van der Waals surface area contributed by atoms with Crippen molar-refractivity contribution in [2.24, 2.45) is 0 Å². The Hall–Kier alpha value is 0.787. The van der Waals surface area contributed by atoms with E-state index in [0.29, 0.717) is 0 Å². The van der Waals surface area contributed by atoms with Crippen molar-refractivity contribution in [1.29, 1.82) is 0 Å². The van der Waals surface area contributed by atoms with Gasteiger partial charge in [-0.15, -0.1) is 37.2 Å². The van der Waals surface area contributed by atoms with Crippen LogP contribution >= 0.6 is 37.2 Å². The molecule has 0 saturated heterocycles. The van der Waals surface area contributed by atoms with Crippen LogP contribution in [0.5, 0.6) is 0 Å². The average molecular weight is 253 g/mol. The summed E-state index contributed by atoms with van der Waals surface area (Å²) < 4.78 is 0. The zero-order valence-corrected chi connectivity index (χ0v) is 11.8. The number of rotatable bonds is 0. The van der Waals surface area contributed by atoms with E-state index in [4.69, 9.17) is 0 Å². The van der Waals surface area contributed by atoms with Crippen molar-refractivity contribution in [3.63, 3.8) is 0 Å². The smallest absolute Gasteiger partial charge is 0.0140 e. The van der Waals surface area contributed by atoms with Crippen molar-refractivity contribution in [2.75, 3.05) is 21.1 Å². The van der Waals surface area contributed by atoms with Crippen molar-refractivity contribution in [2.45, 2.75) is 13.8 Å². The van der Waals surface area contributed by atoms with Crippen molar-refractivity contribution in [3.05, 3.63) is 0 Å². The molecule has 0 fully saturated rings. The lowest BCUT2D eigenvalue weighted by Crippen LogP contribution is -1.99. The molecule has 0 amide bonds. The number of hydrogen-bond donors (Lipinski definition) is 0. The van der Waals surface area contributed by atoms with Crippen LogP contribution in [-0.4, -0.2) is 46.1 Å². The van der Waals surface area contributed by atoms with E-state index in [1.54, 1.807) is 0 Å². The summed E-state index contributed by atoms with van der Waals surface area (Å²) in [7, 11) is 6.95. The highest BCUT2D eigenvalue weighted by molar-refractivity contribution is 6.54. The Kier molecular flexibility index (Phi) is 72.7. The fraction of sp³-hybridized carbons (Fsp3) is 0.714. The molecule has 0 aromatic heterocycles. The Labute approximate surface area is 97.2 Å². The van der Waals surface area contributed by atoms with Gasteiger partial charge < -0.3 is 4.90 Å². The van der Waals surface area contributed by atoms with E-state index < -0.39 is 0 Å². The molecule has 0 bridgehead atoms. The maximum atomic E-state index is 2.15. The van der Waals surface area contributed by atoms with Crippen LogP contribution in [0.3, 0.4) is 0 Å². The molecule has 5 heteroatoms. The Bertz CT molecular complexity index is 92.1. The van der Waals surface area contributed by atoms with E-state index in [2.05, 4.69) is 25.2 Å². The van der Waals surface area contributed by atoms with E-state index in [0.717, 1.165) is 8.74 Å². The first-order valence-corrected chi connectivity index (χ1v) is 4.23. The largest absolute Gasteiger partial charge is 0.312 e. The van der Waals surface area contributed by atoms with Gasteiger partial charge in [-0.2, -0.15) is 0 Å². The van der Waals surface area contributed by atoms with Crippen LogP contribution in [0.2, 0.25) is 0 Å². The van der Waals surface area contributed by atoms with Gasteiger partial charge in [0.15, 0.2) is 0 Å². The molecule has 0 radical (unpaired) electrons. The minimum atomic E-state index is 0. The molecular formula is C7H20Cl3NSi. The number of halogens is 3. The molecule has 0 N–H and O–H groups in total. The summed E-state index contributed by atoms with van der Waals surface area (Å²) in [4.78, 5) is 2.00. The van der Waals surface area contributed by atoms with Gasteiger partial charge in [0, 0.05) is 0 Å². The zero-order chi connectivity index (χ0) is 7.70. The molecule has 0 aromatic rings. The van der Waals surface area contributed by atoms with E-state index >= 15 is 0 Å². The number of hydrogen-bond acceptors (Lipinski definition) is 1. The van der Waals surface area contributed by atoms with Crippen molar-refractivity contribution < 1.29 is 0 Å². The van der Waals surface area contributed by atoms with Crippen LogP contribution in [0, 0.1) is 0 Å². The minimum Gasteiger partial charge on any atom is -0.312 e. The monoisotopic (exact) mass is 251 g/mol. The van der Waals surface area contributed by atoms with Crippen LogP contribution in [0.1, 0.15) is 13.8 Å². The van der Waals surface area contributed by atoms with Crippen molar-refractivity contribution in [1.82, 2.24) is 4.90 Å². The quantitative estimate of drug-likeness (QED) is 0.594. The summed E-state index contributed by atoms with van der Waals surface area (Å²) in [6.07, 6.45) is 0. The Balaban J connectivity index is -0.0000000221. The SMILES string of the molecule is CC=[Si]=CC.CN(C)C.Cl.Cl.Cl. The maximum absolute atomic E-state index is 2.15. The van der Waals surface area contributed by atoms with Crippen molar-refractivity contribution in [3.8, 4) is 0 Å². The third kappa shape index (κ3) is 133. The summed E-state index contributed by atoms with van der Waals surface area (Å²) in [5.74, 6) is 0. The molecule has 0 saturated carbocycles. The molecule has 0 rings (SSSR count). The van der Waals surface area contributed by atoms with Gasteiger partial charge >= 0.3 is 0 Å². The maximum Gasteiger partial charge on any atom is -0.0140 e. The second-order valence-electron chi connectivity index (χ2n) is 2.09. The van der Waals surface area contributed by atoms with Crippen molar-refractivity contribution >= 4 is 57.3 Å². The van der Waals surface area contributed by atoms with Gasteiger partial charge in [-0.3, -0.25) is 0 Å². The first-order valence-electron chi connectivity index (χ1n) is 3.07. The lowest BCUT2D eigenvalue weighted by atomic mass is 11.0. The van der Waals surface area contributed by atoms with Gasteiger partial charge in [0.05, 0.1) is 0 Å². The van der Waals surface area contributed by atoms with Crippen LogP contribution in [0.4, 0.5) is 0 Å². The Morgan fingerprint density at radius 3 is 1.00 bits per heavy atom. The van der Waals surface area contributed by atoms with Gasteiger partial charge in [0.25, 0.3) is 0 Å². The standard InChI is InChI=1S/C4H8Si.C3H9N.3ClH/c1-3-5-4-2;1-4(2)3;;;/h3-4H,1-2H3;1-3H3;3*1H. The molecule has 0 heterocycles. The van der Waals surface area contributed by atoms with E-state index in [-0.39, 0.29) is 37.2 Å². The zero-order valence-electron chi connectivity index (χ0n) is 8.33. The van der Waals surface area contributed by atoms with Gasteiger partial charge in [-0.05, 0) is 43.7 Å². The molecule has 78 valence electrons. The van der Waals surface area contributed by atoms with Gasteiger partial charge in [0.1, 0.15) is 0 Å². The van der Waals surface area contributed by atoms with Crippen LogP contribution in [0.25, 0.3) is 0 Å². The van der Waals surface area contributed by atoms with Crippen LogP contribution in [-0.2, 0) is 0 Å². The third-order valence-electron chi connectivity index (χ3n) is 0.333. The topological polar surface area (TPSA) is 3.24 Å². The summed E-state index contributed by atoms with van der Waals surface area (Å²) in [6.45, 7) is 4.14. The van der Waals surface area contributed by atoms with Gasteiger partial charge in [-0.25, -0.2) is 0 Å². The minimum absolute atomic E-state index is 0. The predicted molar refractivity (Wildman–Crippen MR) is 70.6 cm³/mol. The molecular weight excluding hydrogens is 233 g/mol. The second kappa shape index (κ2) is 29.8. The highest BCUT2D eigenvalue weighted by Gasteiger charge is 1.58. The van der Waals surface area contributed by atoms with E-state index in [1.807, 2.05) is 26.0 Å². The molecule has 0 atom stereocenters. The Morgan fingerprint density at radius 2 is 1.00 bits per heavy atom. The fourth-order valence-electron chi connectivity index (χ4n) is 0.167. The lowest BCUT2D eigenvalue weighted by molar-refractivity contribution is 0.505. The molecule has 0 spiro atoms. The molecule has 0 aromatic carbocycles. The summed E-state index contributed by atoms with van der Waals surface area (Å²) in [5, 5.41) is 0. The fourth-order valence-corrected chi connectivity index (χ4v) is 0.500. The summed E-state index contributed by atoms with van der Waals surface area (Å²) in [6, 6.07) is 0. The van der Waals surface area contributed by atoms with E-state index in [1.165, 1.54) is 0 Å². The second-order valence-corrected chi connectivity index (χ2v) is 3.57. The molecule has 0 unspecified atom stereocenters. The molecule has 0 aliphatic rings. The predicted octanol–water partition coefficient (Wildman–Crippen LogP) is 1.78. The van der Waals surface area contributed by atoms with E-state index in [9.17, 15) is 0 Å². The first kappa shape index (κ1) is 29.3. The Morgan fingerprint density at radius 1 is 0.833 bits per heavy atom. The van der Waals surface area contributed by atoms with Crippen LogP contribution in [0.15, 0.2) is 0 Å². The molecule has 0 aliphatic carbocycles. The molecule has 1 nitrogen and oxygen atoms in total. The molecule has 12 heavy (non-hydrogen) atoms. The highest BCUT2D eigenvalue weighted by atomic mass is 35.5. The normalized spacial score (nSPS) is 5.17. The van der Waals surface area contributed by atoms with Crippen LogP contribution < -0.4 is 0 Å².